The molecular weight excluding hydrogens is 350 g/mol. The smallest absolute Gasteiger partial charge is 0.255 e. The standard InChI is InChI=1S/C20H24ClN3O2/c1-13(2)14(3)23-19(25)12-22-17-6-4-5-7-18(17)24-20(26)15-8-10-16(21)11-9-15/h4-11,13-14,22H,12H2,1-3H3,(H,23,25)(H,24,26). The second kappa shape index (κ2) is 9.25. The summed E-state index contributed by atoms with van der Waals surface area (Å²) < 4.78 is 0. The predicted molar refractivity (Wildman–Crippen MR) is 107 cm³/mol. The van der Waals surface area contributed by atoms with Crippen molar-refractivity contribution >= 4 is 34.8 Å². The predicted octanol–water partition coefficient (Wildman–Crippen LogP) is 4.16. The van der Waals surface area contributed by atoms with E-state index in [4.69, 9.17) is 11.6 Å². The zero-order valence-electron chi connectivity index (χ0n) is 15.2. The van der Waals surface area contributed by atoms with Crippen LogP contribution in [0.3, 0.4) is 0 Å². The number of para-hydroxylation sites is 2. The largest absolute Gasteiger partial charge is 0.374 e. The lowest BCUT2D eigenvalue weighted by Crippen LogP contribution is -2.39. The molecule has 0 bridgehead atoms. The van der Waals surface area contributed by atoms with E-state index in [-0.39, 0.29) is 24.4 Å². The molecule has 5 nitrogen and oxygen atoms in total. The summed E-state index contributed by atoms with van der Waals surface area (Å²) in [6, 6.07) is 14.0. The van der Waals surface area contributed by atoms with Crippen molar-refractivity contribution < 1.29 is 9.59 Å². The first-order chi connectivity index (χ1) is 12.4. The molecule has 0 heterocycles. The first kappa shape index (κ1) is 19.8. The number of rotatable bonds is 7. The van der Waals surface area contributed by atoms with E-state index >= 15 is 0 Å². The zero-order chi connectivity index (χ0) is 19.1. The molecule has 2 amide bonds. The first-order valence-electron chi connectivity index (χ1n) is 8.56. The molecule has 1 atom stereocenters. The van der Waals surface area contributed by atoms with Crippen LogP contribution in [0.4, 0.5) is 11.4 Å². The van der Waals surface area contributed by atoms with Gasteiger partial charge in [-0.25, -0.2) is 0 Å². The summed E-state index contributed by atoms with van der Waals surface area (Å²) in [5.74, 6) is 0.0312. The van der Waals surface area contributed by atoms with Gasteiger partial charge in [0.25, 0.3) is 5.91 Å². The summed E-state index contributed by atoms with van der Waals surface area (Å²) in [6.07, 6.45) is 0. The van der Waals surface area contributed by atoms with Gasteiger partial charge in [-0.1, -0.05) is 37.6 Å². The molecule has 0 aromatic heterocycles. The highest BCUT2D eigenvalue weighted by atomic mass is 35.5. The summed E-state index contributed by atoms with van der Waals surface area (Å²) in [4.78, 5) is 24.4. The Morgan fingerprint density at radius 2 is 1.58 bits per heavy atom. The SMILES string of the molecule is CC(C)C(C)NC(=O)CNc1ccccc1NC(=O)c1ccc(Cl)cc1. The quantitative estimate of drug-likeness (QED) is 0.682. The molecule has 26 heavy (non-hydrogen) atoms. The average Bonchev–Trinajstić information content (AvgIpc) is 2.61. The monoisotopic (exact) mass is 373 g/mol. The van der Waals surface area contributed by atoms with Gasteiger partial charge in [0.15, 0.2) is 0 Å². The van der Waals surface area contributed by atoms with Crippen LogP contribution in [0.5, 0.6) is 0 Å². The number of hydrogen-bond donors (Lipinski definition) is 3. The van der Waals surface area contributed by atoms with Crippen LogP contribution in [0, 0.1) is 5.92 Å². The third-order valence-corrected chi connectivity index (χ3v) is 4.36. The van der Waals surface area contributed by atoms with Crippen molar-refractivity contribution in [1.82, 2.24) is 5.32 Å². The lowest BCUT2D eigenvalue weighted by atomic mass is 10.1. The normalized spacial score (nSPS) is 11.7. The van der Waals surface area contributed by atoms with Crippen molar-refractivity contribution in [2.24, 2.45) is 5.92 Å². The minimum atomic E-state index is -0.242. The van der Waals surface area contributed by atoms with Crippen molar-refractivity contribution in [3.63, 3.8) is 0 Å². The van der Waals surface area contributed by atoms with E-state index in [1.54, 1.807) is 30.3 Å². The maximum absolute atomic E-state index is 12.4. The molecule has 2 aromatic carbocycles. The summed E-state index contributed by atoms with van der Waals surface area (Å²) in [6.45, 7) is 6.22. The molecule has 138 valence electrons. The third-order valence-electron chi connectivity index (χ3n) is 4.11. The van der Waals surface area contributed by atoms with Crippen LogP contribution in [-0.2, 0) is 4.79 Å². The van der Waals surface area contributed by atoms with Gasteiger partial charge in [-0.2, -0.15) is 0 Å². The van der Waals surface area contributed by atoms with Crippen LogP contribution in [0.25, 0.3) is 0 Å². The molecule has 3 N–H and O–H groups in total. The van der Waals surface area contributed by atoms with Gasteiger partial charge in [-0.05, 0) is 49.2 Å². The number of nitrogens with one attached hydrogen (secondary N) is 3. The number of halogens is 1. The highest BCUT2D eigenvalue weighted by Gasteiger charge is 2.12. The van der Waals surface area contributed by atoms with Crippen LogP contribution in [0.1, 0.15) is 31.1 Å². The number of carbonyl (C=O) groups is 2. The van der Waals surface area contributed by atoms with Gasteiger partial charge in [-0.15, -0.1) is 0 Å². The topological polar surface area (TPSA) is 70.2 Å². The molecule has 0 fully saturated rings. The fourth-order valence-corrected chi connectivity index (χ4v) is 2.32. The number of carbonyl (C=O) groups excluding carboxylic acids is 2. The molecule has 0 saturated heterocycles. The number of hydrogen-bond acceptors (Lipinski definition) is 3. The average molecular weight is 374 g/mol. The highest BCUT2D eigenvalue weighted by molar-refractivity contribution is 6.30. The van der Waals surface area contributed by atoms with Gasteiger partial charge in [-0.3, -0.25) is 9.59 Å². The van der Waals surface area contributed by atoms with Gasteiger partial charge in [0.05, 0.1) is 17.9 Å². The molecule has 0 saturated carbocycles. The van der Waals surface area contributed by atoms with E-state index in [0.717, 1.165) is 0 Å². The van der Waals surface area contributed by atoms with Crippen LogP contribution < -0.4 is 16.0 Å². The maximum Gasteiger partial charge on any atom is 0.255 e. The Balaban J connectivity index is 2.00. The Labute approximate surface area is 159 Å². The molecule has 0 spiro atoms. The van der Waals surface area contributed by atoms with E-state index in [1.807, 2.05) is 25.1 Å². The van der Waals surface area contributed by atoms with Crippen molar-refractivity contribution in [2.45, 2.75) is 26.8 Å². The van der Waals surface area contributed by atoms with Gasteiger partial charge in [0.2, 0.25) is 5.91 Å². The molecule has 0 aliphatic heterocycles. The highest BCUT2D eigenvalue weighted by Crippen LogP contribution is 2.22. The maximum atomic E-state index is 12.4. The zero-order valence-corrected chi connectivity index (χ0v) is 15.9. The van der Waals surface area contributed by atoms with Gasteiger partial charge >= 0.3 is 0 Å². The fourth-order valence-electron chi connectivity index (χ4n) is 2.19. The fraction of sp³-hybridized carbons (Fsp3) is 0.300. The Morgan fingerprint density at radius 3 is 2.19 bits per heavy atom. The summed E-state index contributed by atoms with van der Waals surface area (Å²) in [5, 5.41) is 9.44. The minimum absolute atomic E-state index is 0.0926. The van der Waals surface area contributed by atoms with Crippen molar-refractivity contribution in [1.29, 1.82) is 0 Å². The van der Waals surface area contributed by atoms with Crippen LogP contribution >= 0.6 is 11.6 Å². The second-order valence-electron chi connectivity index (χ2n) is 6.46. The Morgan fingerprint density at radius 1 is 0.962 bits per heavy atom. The van der Waals surface area contributed by atoms with E-state index in [0.29, 0.717) is 27.9 Å². The first-order valence-corrected chi connectivity index (χ1v) is 8.94. The second-order valence-corrected chi connectivity index (χ2v) is 6.90. The van der Waals surface area contributed by atoms with Crippen molar-refractivity contribution in [2.75, 3.05) is 17.2 Å². The molecule has 2 rings (SSSR count). The number of amides is 2. The molecule has 6 heteroatoms. The molecule has 0 aliphatic rings. The molecular formula is C20H24ClN3O2. The van der Waals surface area contributed by atoms with Crippen molar-refractivity contribution in [3.05, 3.63) is 59.1 Å². The Hall–Kier alpha value is -2.53. The molecule has 0 aliphatic carbocycles. The van der Waals surface area contributed by atoms with Crippen LogP contribution in [0.2, 0.25) is 5.02 Å². The van der Waals surface area contributed by atoms with Gasteiger partial charge in [0, 0.05) is 16.6 Å². The number of anilines is 2. The van der Waals surface area contributed by atoms with E-state index in [1.165, 1.54) is 0 Å². The minimum Gasteiger partial charge on any atom is -0.374 e. The summed E-state index contributed by atoms with van der Waals surface area (Å²) in [7, 11) is 0. The molecule has 2 aromatic rings. The molecule has 1 unspecified atom stereocenters. The van der Waals surface area contributed by atoms with Gasteiger partial charge < -0.3 is 16.0 Å². The lowest BCUT2D eigenvalue weighted by Gasteiger charge is -2.18. The van der Waals surface area contributed by atoms with E-state index in [2.05, 4.69) is 29.8 Å². The van der Waals surface area contributed by atoms with E-state index in [9.17, 15) is 9.59 Å². The summed E-state index contributed by atoms with van der Waals surface area (Å²) >= 11 is 5.85. The van der Waals surface area contributed by atoms with Crippen LogP contribution in [0.15, 0.2) is 48.5 Å². The van der Waals surface area contributed by atoms with Crippen molar-refractivity contribution in [3.8, 4) is 0 Å². The lowest BCUT2D eigenvalue weighted by molar-refractivity contribution is -0.120. The van der Waals surface area contributed by atoms with E-state index < -0.39 is 0 Å². The van der Waals surface area contributed by atoms with Crippen LogP contribution in [-0.4, -0.2) is 24.4 Å². The third kappa shape index (κ3) is 5.77. The van der Waals surface area contributed by atoms with Gasteiger partial charge in [0.1, 0.15) is 0 Å². The number of benzene rings is 2. The Kier molecular flexibility index (Phi) is 7.04. The Bertz CT molecular complexity index is 760. The molecule has 0 radical (unpaired) electrons. The summed E-state index contributed by atoms with van der Waals surface area (Å²) in [5.41, 5.74) is 1.80.